The Hall–Kier alpha value is -9.94. The SMILES string of the molecule is c1ccc([Si](c2ccccc2)(c2ccccc2)c2cccc(-n3c4ccccc4c4cc(-n5c6ccc(-n7c8ccccc8c8ccccc87)cc6c6ccc(-c7ccc8oc9ccccc9c8c7)cc65)ccc43)c2)cc1. The molecule has 4 aromatic heterocycles. The molecular weight excluding hydrogens is 951 g/mol. The number of benzene rings is 12. The van der Waals surface area contributed by atoms with Crippen LogP contribution in [0.5, 0.6) is 0 Å². The van der Waals surface area contributed by atoms with Crippen molar-refractivity contribution < 1.29 is 4.42 Å². The summed E-state index contributed by atoms with van der Waals surface area (Å²) in [6, 6.07) is 106. The molecule has 16 rings (SSSR count). The van der Waals surface area contributed by atoms with E-state index < -0.39 is 8.07 Å². The van der Waals surface area contributed by atoms with Gasteiger partial charge in [0.25, 0.3) is 0 Å². The summed E-state index contributed by atoms with van der Waals surface area (Å²) >= 11 is 0. The van der Waals surface area contributed by atoms with Gasteiger partial charge in [-0.1, -0.05) is 194 Å². The Morgan fingerprint density at radius 1 is 0.221 bits per heavy atom. The van der Waals surface area contributed by atoms with Crippen molar-refractivity contribution in [2.75, 3.05) is 0 Å². The van der Waals surface area contributed by atoms with E-state index in [1.807, 2.05) is 12.1 Å². The van der Waals surface area contributed by atoms with E-state index in [9.17, 15) is 0 Å². The van der Waals surface area contributed by atoms with Gasteiger partial charge in [0, 0.05) is 60.2 Å². The lowest BCUT2D eigenvalue weighted by Gasteiger charge is -2.34. The first-order valence-electron chi connectivity index (χ1n) is 26.5. The van der Waals surface area contributed by atoms with Gasteiger partial charge in [-0.15, -0.1) is 0 Å². The van der Waals surface area contributed by atoms with Crippen LogP contribution in [0.4, 0.5) is 0 Å². The number of hydrogen-bond donors (Lipinski definition) is 0. The van der Waals surface area contributed by atoms with E-state index >= 15 is 0 Å². The number of fused-ring (bicyclic) bond motifs is 12. The molecule has 360 valence electrons. The van der Waals surface area contributed by atoms with E-state index in [4.69, 9.17) is 4.42 Å². The van der Waals surface area contributed by atoms with E-state index in [2.05, 4.69) is 287 Å². The molecule has 0 aliphatic rings. The van der Waals surface area contributed by atoms with Gasteiger partial charge in [-0.05, 0) is 123 Å². The van der Waals surface area contributed by atoms with Crippen LogP contribution in [0.2, 0.25) is 0 Å². The lowest BCUT2D eigenvalue weighted by Crippen LogP contribution is -2.74. The summed E-state index contributed by atoms with van der Waals surface area (Å²) in [4.78, 5) is 0. The highest BCUT2D eigenvalue weighted by Crippen LogP contribution is 2.41. The second kappa shape index (κ2) is 17.0. The molecule has 0 N–H and O–H groups in total. The molecule has 77 heavy (non-hydrogen) atoms. The van der Waals surface area contributed by atoms with Crippen LogP contribution in [0.3, 0.4) is 0 Å². The Kier molecular flexibility index (Phi) is 9.62. The molecule has 0 unspecified atom stereocenters. The molecule has 4 heterocycles. The highest BCUT2D eigenvalue weighted by Gasteiger charge is 2.41. The molecule has 0 aliphatic carbocycles. The van der Waals surface area contributed by atoms with Gasteiger partial charge < -0.3 is 18.1 Å². The number of para-hydroxylation sites is 4. The third kappa shape index (κ3) is 6.51. The summed E-state index contributed by atoms with van der Waals surface area (Å²) in [6.07, 6.45) is 0. The van der Waals surface area contributed by atoms with Gasteiger partial charge in [0.15, 0.2) is 8.07 Å². The van der Waals surface area contributed by atoms with Gasteiger partial charge in [0.2, 0.25) is 0 Å². The zero-order chi connectivity index (χ0) is 50.6. The first kappa shape index (κ1) is 43.5. The van der Waals surface area contributed by atoms with E-state index in [1.165, 1.54) is 69.6 Å². The number of hydrogen-bond acceptors (Lipinski definition) is 1. The lowest BCUT2D eigenvalue weighted by molar-refractivity contribution is 0.669. The van der Waals surface area contributed by atoms with Crippen LogP contribution in [-0.4, -0.2) is 21.8 Å². The fourth-order valence-electron chi connectivity index (χ4n) is 13.0. The number of furan rings is 1. The molecule has 0 amide bonds. The largest absolute Gasteiger partial charge is 0.456 e. The highest BCUT2D eigenvalue weighted by molar-refractivity contribution is 7.19. The Bertz CT molecular complexity index is 4840. The van der Waals surface area contributed by atoms with Crippen LogP contribution in [0, 0.1) is 0 Å². The highest BCUT2D eigenvalue weighted by atomic mass is 28.3. The van der Waals surface area contributed by atoms with Gasteiger partial charge in [-0.3, -0.25) is 0 Å². The van der Waals surface area contributed by atoms with Crippen LogP contribution in [0.1, 0.15) is 0 Å². The molecule has 0 saturated heterocycles. The smallest absolute Gasteiger partial charge is 0.179 e. The maximum absolute atomic E-state index is 6.29. The summed E-state index contributed by atoms with van der Waals surface area (Å²) in [5.41, 5.74) is 14.5. The monoisotopic (exact) mass is 997 g/mol. The molecular formula is C72H47N3OSi. The number of rotatable bonds is 8. The predicted octanol–water partition coefficient (Wildman–Crippen LogP) is 15.9. The fourth-order valence-corrected chi connectivity index (χ4v) is 17.8. The van der Waals surface area contributed by atoms with Crippen LogP contribution in [0.15, 0.2) is 290 Å². The molecule has 0 atom stereocenters. The molecule has 4 nitrogen and oxygen atoms in total. The van der Waals surface area contributed by atoms with E-state index in [-0.39, 0.29) is 0 Å². The topological polar surface area (TPSA) is 27.9 Å². The third-order valence-electron chi connectivity index (χ3n) is 16.4. The van der Waals surface area contributed by atoms with Crippen molar-refractivity contribution in [3.8, 4) is 28.2 Å². The first-order valence-corrected chi connectivity index (χ1v) is 28.5. The normalized spacial score (nSPS) is 12.2. The maximum Gasteiger partial charge on any atom is 0.179 e. The Morgan fingerprint density at radius 3 is 1.19 bits per heavy atom. The van der Waals surface area contributed by atoms with Gasteiger partial charge in [0.1, 0.15) is 11.2 Å². The molecule has 0 bridgehead atoms. The summed E-state index contributed by atoms with van der Waals surface area (Å²) in [5, 5.41) is 15.0. The minimum absolute atomic E-state index is 0.895. The van der Waals surface area contributed by atoms with Crippen molar-refractivity contribution >= 4 is 116 Å². The minimum Gasteiger partial charge on any atom is -0.456 e. The second-order valence-corrected chi connectivity index (χ2v) is 24.2. The average Bonchev–Trinajstić information content (AvgIpc) is 4.30. The van der Waals surface area contributed by atoms with Crippen LogP contribution >= 0.6 is 0 Å². The van der Waals surface area contributed by atoms with E-state index in [0.29, 0.717) is 0 Å². The van der Waals surface area contributed by atoms with Crippen molar-refractivity contribution in [1.82, 2.24) is 13.7 Å². The van der Waals surface area contributed by atoms with Crippen molar-refractivity contribution in [3.05, 3.63) is 285 Å². The van der Waals surface area contributed by atoms with Crippen molar-refractivity contribution in [2.24, 2.45) is 0 Å². The molecule has 12 aromatic carbocycles. The lowest BCUT2D eigenvalue weighted by atomic mass is 10.0. The zero-order valence-corrected chi connectivity index (χ0v) is 42.9. The van der Waals surface area contributed by atoms with Crippen molar-refractivity contribution in [2.45, 2.75) is 0 Å². The second-order valence-electron chi connectivity index (χ2n) is 20.4. The zero-order valence-electron chi connectivity index (χ0n) is 41.9. The number of aromatic nitrogens is 3. The van der Waals surface area contributed by atoms with Crippen LogP contribution in [-0.2, 0) is 0 Å². The molecule has 16 aromatic rings. The molecule has 0 fully saturated rings. The average molecular weight is 998 g/mol. The number of nitrogens with zero attached hydrogens (tertiary/aromatic N) is 3. The summed E-state index contributed by atoms with van der Waals surface area (Å²) in [5.74, 6) is 0. The Balaban J connectivity index is 0.918. The van der Waals surface area contributed by atoms with Crippen LogP contribution in [0.25, 0.3) is 116 Å². The summed E-state index contributed by atoms with van der Waals surface area (Å²) in [7, 11) is -2.80. The fraction of sp³-hybridized carbons (Fsp3) is 0. The maximum atomic E-state index is 6.29. The standard InChI is InChI=1S/C72H47N3OSi/c1-4-20-53(21-5-1)77(54-22-6-2-7-23-54,55-24-8-3-9-25-55)56-26-18-19-50(45-56)73-67-33-16-12-29-59(67)62-47-52(38-40-68(62)73)75-69-41-37-51(74-65-31-14-10-27-57(65)58-28-11-15-32-66(58)74)46-63(69)60-39-35-49(44-70(60)75)48-36-42-72-64(43-48)61-30-13-17-34-71(61)76-72/h1-47H. The van der Waals surface area contributed by atoms with Gasteiger partial charge in [0.05, 0.1) is 33.1 Å². The summed E-state index contributed by atoms with van der Waals surface area (Å²) in [6.45, 7) is 0. The first-order chi connectivity index (χ1) is 38.2. The minimum atomic E-state index is -2.80. The molecule has 0 radical (unpaired) electrons. The van der Waals surface area contributed by atoms with E-state index in [1.54, 1.807) is 0 Å². The van der Waals surface area contributed by atoms with Gasteiger partial charge >= 0.3 is 0 Å². The third-order valence-corrected chi connectivity index (χ3v) is 21.1. The predicted molar refractivity (Wildman–Crippen MR) is 326 cm³/mol. The van der Waals surface area contributed by atoms with Crippen molar-refractivity contribution in [3.63, 3.8) is 0 Å². The van der Waals surface area contributed by atoms with Crippen molar-refractivity contribution in [1.29, 1.82) is 0 Å². The van der Waals surface area contributed by atoms with Gasteiger partial charge in [-0.25, -0.2) is 0 Å². The Labute approximate surface area is 445 Å². The molecule has 0 aliphatic heterocycles. The molecule has 0 saturated carbocycles. The van der Waals surface area contributed by atoms with E-state index in [0.717, 1.165) is 66.7 Å². The molecule has 5 heteroatoms. The Morgan fingerprint density at radius 2 is 0.623 bits per heavy atom. The quantitative estimate of drug-likeness (QED) is 0.110. The van der Waals surface area contributed by atoms with Crippen LogP contribution < -0.4 is 20.7 Å². The van der Waals surface area contributed by atoms with Gasteiger partial charge in [-0.2, -0.15) is 0 Å². The molecule has 0 spiro atoms. The summed E-state index contributed by atoms with van der Waals surface area (Å²) < 4.78 is 13.7.